The molecule has 0 radical (unpaired) electrons. The Balaban J connectivity index is 1.79. The van der Waals surface area contributed by atoms with E-state index in [-0.39, 0.29) is 5.91 Å². The van der Waals surface area contributed by atoms with Crippen molar-refractivity contribution in [1.82, 2.24) is 15.4 Å². The monoisotopic (exact) mass is 207 g/mol. The third kappa shape index (κ3) is 1.19. The highest BCUT2D eigenvalue weighted by Crippen LogP contribution is 2.29. The first-order chi connectivity index (χ1) is 7.27. The fourth-order valence-electron chi connectivity index (χ4n) is 2.41. The van der Waals surface area contributed by atoms with Gasteiger partial charge in [0.25, 0.3) is 5.91 Å². The van der Waals surface area contributed by atoms with Gasteiger partial charge in [0.1, 0.15) is 11.3 Å². The van der Waals surface area contributed by atoms with Crippen LogP contribution in [0.3, 0.4) is 0 Å². The second-order valence-electron chi connectivity index (χ2n) is 4.24. The standard InChI is InChI=1S/C10H13N3O2/c1-6-8(3-12-15-6)10(14)13-5-7-2-11-4-9(7)13/h3,7,9,11H,2,4-5H2,1H3. The summed E-state index contributed by atoms with van der Waals surface area (Å²) in [6, 6.07) is 0.381. The smallest absolute Gasteiger partial charge is 0.259 e. The van der Waals surface area contributed by atoms with Crippen LogP contribution in [0.2, 0.25) is 0 Å². The van der Waals surface area contributed by atoms with Crippen molar-refractivity contribution in [3.63, 3.8) is 0 Å². The van der Waals surface area contributed by atoms with E-state index in [9.17, 15) is 4.79 Å². The quantitative estimate of drug-likeness (QED) is 0.705. The van der Waals surface area contributed by atoms with Crippen LogP contribution in [-0.2, 0) is 0 Å². The predicted molar refractivity (Wildman–Crippen MR) is 52.4 cm³/mol. The molecule has 1 N–H and O–H groups in total. The van der Waals surface area contributed by atoms with Gasteiger partial charge in [-0.05, 0) is 6.92 Å². The normalized spacial score (nSPS) is 28.7. The van der Waals surface area contributed by atoms with Crippen molar-refractivity contribution in [2.75, 3.05) is 19.6 Å². The van der Waals surface area contributed by atoms with E-state index in [1.807, 2.05) is 4.90 Å². The van der Waals surface area contributed by atoms with E-state index < -0.39 is 0 Å². The van der Waals surface area contributed by atoms with Crippen molar-refractivity contribution in [1.29, 1.82) is 0 Å². The Kier molecular flexibility index (Phi) is 1.82. The number of fused-ring (bicyclic) bond motifs is 1. The lowest BCUT2D eigenvalue weighted by molar-refractivity contribution is 0.0326. The van der Waals surface area contributed by atoms with Crippen LogP contribution in [0, 0.1) is 12.8 Å². The summed E-state index contributed by atoms with van der Waals surface area (Å²) in [6.07, 6.45) is 1.51. The first kappa shape index (κ1) is 8.91. The SMILES string of the molecule is Cc1oncc1C(=O)N1CC2CNCC21. The van der Waals surface area contributed by atoms with E-state index in [0.29, 0.717) is 23.3 Å². The molecule has 5 heteroatoms. The summed E-state index contributed by atoms with van der Waals surface area (Å²) in [5.41, 5.74) is 0.598. The summed E-state index contributed by atoms with van der Waals surface area (Å²) < 4.78 is 4.90. The molecular formula is C10H13N3O2. The fourth-order valence-corrected chi connectivity index (χ4v) is 2.41. The van der Waals surface area contributed by atoms with Gasteiger partial charge in [-0.15, -0.1) is 0 Å². The van der Waals surface area contributed by atoms with Gasteiger partial charge in [-0.1, -0.05) is 5.16 Å². The molecule has 2 unspecified atom stereocenters. The Morgan fingerprint density at radius 1 is 1.67 bits per heavy atom. The number of nitrogens with one attached hydrogen (secondary N) is 1. The highest BCUT2D eigenvalue weighted by Gasteiger charge is 2.45. The average molecular weight is 207 g/mol. The predicted octanol–water partition coefficient (Wildman–Crippen LogP) is 0.0268. The van der Waals surface area contributed by atoms with Crippen molar-refractivity contribution >= 4 is 5.91 Å². The number of carbonyl (C=O) groups is 1. The molecule has 0 bridgehead atoms. The zero-order valence-electron chi connectivity index (χ0n) is 8.56. The second-order valence-corrected chi connectivity index (χ2v) is 4.24. The number of aromatic nitrogens is 1. The van der Waals surface area contributed by atoms with Crippen LogP contribution < -0.4 is 5.32 Å². The highest BCUT2D eigenvalue weighted by atomic mass is 16.5. The summed E-state index contributed by atoms with van der Waals surface area (Å²) in [7, 11) is 0. The molecule has 5 nitrogen and oxygen atoms in total. The van der Waals surface area contributed by atoms with Crippen LogP contribution >= 0.6 is 0 Å². The molecule has 0 aliphatic carbocycles. The van der Waals surface area contributed by atoms with Crippen LogP contribution in [0.4, 0.5) is 0 Å². The summed E-state index contributed by atoms with van der Waals surface area (Å²) in [6.45, 7) is 4.59. The van der Waals surface area contributed by atoms with E-state index >= 15 is 0 Å². The highest BCUT2D eigenvalue weighted by molar-refractivity contribution is 5.95. The van der Waals surface area contributed by atoms with Crippen LogP contribution in [0.25, 0.3) is 0 Å². The zero-order chi connectivity index (χ0) is 10.4. The summed E-state index contributed by atoms with van der Waals surface area (Å²) in [5.74, 6) is 1.31. The molecule has 2 atom stereocenters. The van der Waals surface area contributed by atoms with Crippen LogP contribution in [-0.4, -0.2) is 41.6 Å². The number of nitrogens with zero attached hydrogens (tertiary/aromatic N) is 2. The summed E-state index contributed by atoms with van der Waals surface area (Å²) in [5, 5.41) is 6.93. The average Bonchev–Trinajstić information content (AvgIpc) is 2.74. The Hall–Kier alpha value is -1.36. The second kappa shape index (κ2) is 3.06. The van der Waals surface area contributed by atoms with Gasteiger partial charge in [0, 0.05) is 25.6 Å². The van der Waals surface area contributed by atoms with Crippen LogP contribution in [0.15, 0.2) is 10.7 Å². The van der Waals surface area contributed by atoms with Crippen molar-refractivity contribution in [3.8, 4) is 0 Å². The Morgan fingerprint density at radius 3 is 3.20 bits per heavy atom. The molecule has 15 heavy (non-hydrogen) atoms. The van der Waals surface area contributed by atoms with Crippen molar-refractivity contribution in [3.05, 3.63) is 17.5 Å². The molecule has 1 amide bonds. The molecule has 2 fully saturated rings. The number of amides is 1. The van der Waals surface area contributed by atoms with E-state index in [0.717, 1.165) is 19.6 Å². The molecule has 2 saturated heterocycles. The minimum atomic E-state index is 0.0544. The number of rotatable bonds is 1. The van der Waals surface area contributed by atoms with Crippen LogP contribution in [0.1, 0.15) is 16.1 Å². The van der Waals surface area contributed by atoms with E-state index in [2.05, 4.69) is 10.5 Å². The Morgan fingerprint density at radius 2 is 2.53 bits per heavy atom. The van der Waals surface area contributed by atoms with Gasteiger partial charge in [-0.25, -0.2) is 0 Å². The third-order valence-corrected chi connectivity index (χ3v) is 3.38. The first-order valence-corrected chi connectivity index (χ1v) is 5.20. The maximum absolute atomic E-state index is 12.0. The molecule has 0 saturated carbocycles. The maximum Gasteiger partial charge on any atom is 0.259 e. The van der Waals surface area contributed by atoms with E-state index in [4.69, 9.17) is 4.52 Å². The van der Waals surface area contributed by atoms with Crippen molar-refractivity contribution in [2.24, 2.45) is 5.92 Å². The maximum atomic E-state index is 12.0. The molecule has 1 aromatic heterocycles. The number of likely N-dealkylation sites (tertiary alicyclic amines) is 1. The fraction of sp³-hybridized carbons (Fsp3) is 0.600. The molecule has 2 aliphatic heterocycles. The van der Waals surface area contributed by atoms with Gasteiger partial charge in [-0.2, -0.15) is 0 Å². The van der Waals surface area contributed by atoms with Gasteiger partial charge in [0.05, 0.1) is 12.2 Å². The van der Waals surface area contributed by atoms with Crippen molar-refractivity contribution < 1.29 is 9.32 Å². The minimum absolute atomic E-state index is 0.0544. The topological polar surface area (TPSA) is 58.4 Å². The largest absolute Gasteiger partial charge is 0.361 e. The number of hydrogen-bond acceptors (Lipinski definition) is 4. The van der Waals surface area contributed by atoms with Gasteiger partial charge < -0.3 is 14.7 Å². The zero-order valence-corrected chi connectivity index (χ0v) is 8.56. The number of hydrogen-bond donors (Lipinski definition) is 1. The summed E-state index contributed by atoms with van der Waals surface area (Å²) in [4.78, 5) is 14.0. The van der Waals surface area contributed by atoms with Gasteiger partial charge >= 0.3 is 0 Å². The molecule has 0 aromatic carbocycles. The number of carbonyl (C=O) groups excluding carboxylic acids is 1. The van der Waals surface area contributed by atoms with Gasteiger partial charge in [0.2, 0.25) is 0 Å². The van der Waals surface area contributed by atoms with Crippen molar-refractivity contribution in [2.45, 2.75) is 13.0 Å². The molecule has 3 rings (SSSR count). The Labute approximate surface area is 87.4 Å². The summed E-state index contributed by atoms with van der Waals surface area (Å²) >= 11 is 0. The molecular weight excluding hydrogens is 194 g/mol. The van der Waals surface area contributed by atoms with Gasteiger partial charge in [-0.3, -0.25) is 4.79 Å². The van der Waals surface area contributed by atoms with Gasteiger partial charge in [0.15, 0.2) is 0 Å². The third-order valence-electron chi connectivity index (χ3n) is 3.38. The lowest BCUT2D eigenvalue weighted by Crippen LogP contribution is -2.58. The van der Waals surface area contributed by atoms with Crippen LogP contribution in [0.5, 0.6) is 0 Å². The first-order valence-electron chi connectivity index (χ1n) is 5.20. The molecule has 2 aliphatic rings. The minimum Gasteiger partial charge on any atom is -0.361 e. The Bertz CT molecular complexity index is 401. The molecule has 3 heterocycles. The molecule has 80 valence electrons. The van der Waals surface area contributed by atoms with E-state index in [1.54, 1.807) is 6.92 Å². The lowest BCUT2D eigenvalue weighted by atomic mass is 9.91. The molecule has 0 spiro atoms. The molecule has 1 aromatic rings. The lowest BCUT2D eigenvalue weighted by Gasteiger charge is -2.43. The number of aryl methyl sites for hydroxylation is 1. The van der Waals surface area contributed by atoms with E-state index in [1.165, 1.54) is 6.20 Å².